The number of para-hydroxylation sites is 1. The molecular weight excluding hydrogens is 214 g/mol. The second kappa shape index (κ2) is 5.29. The summed E-state index contributed by atoms with van der Waals surface area (Å²) in [7, 11) is 0. The molecule has 1 atom stereocenters. The molecule has 1 fully saturated rings. The Hall–Kier alpha value is -1.39. The summed E-state index contributed by atoms with van der Waals surface area (Å²) in [5.41, 5.74) is 6.48. The van der Waals surface area contributed by atoms with Crippen molar-refractivity contribution in [3.8, 4) is 0 Å². The Morgan fingerprint density at radius 3 is 2.71 bits per heavy atom. The van der Waals surface area contributed by atoms with E-state index in [2.05, 4.69) is 11.9 Å². The van der Waals surface area contributed by atoms with Gasteiger partial charge >= 0.3 is 0 Å². The Labute approximate surface area is 102 Å². The highest BCUT2D eigenvalue weighted by Crippen LogP contribution is 2.26. The van der Waals surface area contributed by atoms with E-state index in [1.165, 1.54) is 0 Å². The Morgan fingerprint density at radius 1 is 1.35 bits per heavy atom. The number of benzene rings is 1. The van der Waals surface area contributed by atoms with Gasteiger partial charge in [0.1, 0.15) is 0 Å². The van der Waals surface area contributed by atoms with Gasteiger partial charge in [0.2, 0.25) is 5.91 Å². The molecule has 1 aromatic rings. The molecular formula is C13H19N3O. The Morgan fingerprint density at radius 2 is 2.06 bits per heavy atom. The summed E-state index contributed by atoms with van der Waals surface area (Å²) in [5, 5.41) is 3.91. The number of amides is 1. The van der Waals surface area contributed by atoms with E-state index in [0.717, 1.165) is 18.7 Å². The topological polar surface area (TPSA) is 49.6 Å². The zero-order valence-electron chi connectivity index (χ0n) is 10.2. The minimum absolute atomic E-state index is 0.167. The predicted octanol–water partition coefficient (Wildman–Crippen LogP) is 1.38. The van der Waals surface area contributed by atoms with Crippen LogP contribution in [0, 0.1) is 0 Å². The minimum atomic E-state index is 0.167. The molecule has 0 aromatic heterocycles. The summed E-state index contributed by atoms with van der Waals surface area (Å²) in [4.78, 5) is 12.0. The van der Waals surface area contributed by atoms with E-state index in [4.69, 9.17) is 5.73 Å². The van der Waals surface area contributed by atoms with Crippen LogP contribution in [-0.4, -0.2) is 30.0 Å². The van der Waals surface area contributed by atoms with E-state index in [-0.39, 0.29) is 11.9 Å². The van der Waals surface area contributed by atoms with E-state index in [0.29, 0.717) is 13.0 Å². The molecule has 1 amide bonds. The smallest absolute Gasteiger partial charge is 0.243 e. The van der Waals surface area contributed by atoms with Gasteiger partial charge in [-0.1, -0.05) is 18.2 Å². The molecule has 4 nitrogen and oxygen atoms in total. The number of rotatable bonds is 4. The first-order valence-electron chi connectivity index (χ1n) is 6.08. The molecule has 4 heteroatoms. The summed E-state index contributed by atoms with van der Waals surface area (Å²) in [6.45, 7) is 3.57. The summed E-state index contributed by atoms with van der Waals surface area (Å²) >= 11 is 0. The van der Waals surface area contributed by atoms with Crippen LogP contribution < -0.4 is 10.7 Å². The maximum atomic E-state index is 12.0. The highest BCUT2D eigenvalue weighted by atomic mass is 16.2. The van der Waals surface area contributed by atoms with Gasteiger partial charge < -0.3 is 5.73 Å². The van der Waals surface area contributed by atoms with Crippen LogP contribution in [-0.2, 0) is 4.79 Å². The summed E-state index contributed by atoms with van der Waals surface area (Å²) < 4.78 is 0. The van der Waals surface area contributed by atoms with E-state index in [1.54, 1.807) is 5.01 Å². The van der Waals surface area contributed by atoms with Crippen molar-refractivity contribution >= 4 is 11.6 Å². The highest BCUT2D eigenvalue weighted by molar-refractivity contribution is 5.94. The average Bonchev–Trinajstić information content (AvgIpc) is 2.62. The molecule has 0 bridgehead atoms. The van der Waals surface area contributed by atoms with Crippen LogP contribution in [0.5, 0.6) is 0 Å². The Balaban J connectivity index is 2.20. The third-order valence-corrected chi connectivity index (χ3v) is 3.06. The third kappa shape index (κ3) is 2.48. The van der Waals surface area contributed by atoms with E-state index < -0.39 is 0 Å². The lowest BCUT2D eigenvalue weighted by molar-refractivity contribution is -0.118. The molecule has 1 heterocycles. The molecule has 1 aromatic carbocycles. The molecule has 1 aliphatic heterocycles. The van der Waals surface area contributed by atoms with Crippen LogP contribution >= 0.6 is 0 Å². The van der Waals surface area contributed by atoms with E-state index in [1.807, 2.05) is 30.3 Å². The van der Waals surface area contributed by atoms with Crippen molar-refractivity contribution in [1.82, 2.24) is 5.01 Å². The number of hydrogen-bond acceptors (Lipinski definition) is 3. The standard InChI is InChI=1S/C13H19N3O/c1-11-10-13(17)16(15(11)9-5-8-14)12-6-3-2-4-7-12/h2-4,6-7,11H,5,8-10,14H2,1H3. The van der Waals surface area contributed by atoms with Crippen molar-refractivity contribution in [2.75, 3.05) is 18.1 Å². The van der Waals surface area contributed by atoms with Crippen molar-refractivity contribution in [1.29, 1.82) is 0 Å². The van der Waals surface area contributed by atoms with Gasteiger partial charge in [0.05, 0.1) is 5.69 Å². The first-order valence-corrected chi connectivity index (χ1v) is 6.08. The Bertz CT molecular complexity index is 380. The fourth-order valence-electron chi connectivity index (χ4n) is 2.22. The van der Waals surface area contributed by atoms with E-state index in [9.17, 15) is 4.79 Å². The molecule has 2 N–H and O–H groups in total. The molecule has 0 spiro atoms. The average molecular weight is 233 g/mol. The normalized spacial score (nSPS) is 21.2. The maximum absolute atomic E-state index is 12.0. The number of anilines is 1. The molecule has 0 radical (unpaired) electrons. The molecule has 17 heavy (non-hydrogen) atoms. The SMILES string of the molecule is CC1CC(=O)N(c2ccccc2)N1CCCN. The first kappa shape index (κ1) is 12.1. The van der Waals surface area contributed by atoms with Crippen LogP contribution in [0.1, 0.15) is 19.8 Å². The van der Waals surface area contributed by atoms with Crippen LogP contribution in [0.15, 0.2) is 30.3 Å². The molecule has 92 valence electrons. The number of carbonyl (C=O) groups excluding carboxylic acids is 1. The largest absolute Gasteiger partial charge is 0.330 e. The van der Waals surface area contributed by atoms with Gasteiger partial charge in [-0.2, -0.15) is 0 Å². The van der Waals surface area contributed by atoms with Crippen molar-refractivity contribution in [2.24, 2.45) is 5.73 Å². The van der Waals surface area contributed by atoms with Crippen molar-refractivity contribution in [2.45, 2.75) is 25.8 Å². The summed E-state index contributed by atoms with van der Waals surface area (Å²) in [6, 6.07) is 10.0. The van der Waals surface area contributed by atoms with Crippen molar-refractivity contribution in [3.63, 3.8) is 0 Å². The zero-order valence-corrected chi connectivity index (χ0v) is 10.2. The molecule has 2 rings (SSSR count). The first-order chi connectivity index (χ1) is 8.24. The molecule has 1 saturated heterocycles. The minimum Gasteiger partial charge on any atom is -0.330 e. The predicted molar refractivity (Wildman–Crippen MR) is 68.4 cm³/mol. The lowest BCUT2D eigenvalue weighted by Gasteiger charge is -2.30. The Kier molecular flexibility index (Phi) is 3.76. The molecule has 0 saturated carbocycles. The fraction of sp³-hybridized carbons (Fsp3) is 0.462. The van der Waals surface area contributed by atoms with Gasteiger partial charge in [-0.15, -0.1) is 0 Å². The van der Waals surface area contributed by atoms with Crippen LogP contribution in [0.4, 0.5) is 5.69 Å². The van der Waals surface area contributed by atoms with Gasteiger partial charge in [0, 0.05) is 19.0 Å². The van der Waals surface area contributed by atoms with Gasteiger partial charge in [0.15, 0.2) is 0 Å². The second-order valence-corrected chi connectivity index (χ2v) is 4.40. The summed E-state index contributed by atoms with van der Waals surface area (Å²) in [5.74, 6) is 0.167. The molecule has 1 unspecified atom stereocenters. The number of nitrogens with zero attached hydrogens (tertiary/aromatic N) is 2. The third-order valence-electron chi connectivity index (χ3n) is 3.06. The van der Waals surface area contributed by atoms with E-state index >= 15 is 0 Å². The number of nitrogens with two attached hydrogens (primary N) is 1. The van der Waals surface area contributed by atoms with Crippen molar-refractivity contribution < 1.29 is 4.79 Å². The lowest BCUT2D eigenvalue weighted by atomic mass is 10.2. The monoisotopic (exact) mass is 233 g/mol. The van der Waals surface area contributed by atoms with Gasteiger partial charge in [-0.3, -0.25) is 4.79 Å². The van der Waals surface area contributed by atoms with Crippen LogP contribution in [0.2, 0.25) is 0 Å². The lowest BCUT2D eigenvalue weighted by Crippen LogP contribution is -2.43. The number of carbonyl (C=O) groups is 1. The van der Waals surface area contributed by atoms with Gasteiger partial charge in [-0.05, 0) is 32.0 Å². The highest BCUT2D eigenvalue weighted by Gasteiger charge is 2.35. The maximum Gasteiger partial charge on any atom is 0.243 e. The van der Waals surface area contributed by atoms with Crippen molar-refractivity contribution in [3.05, 3.63) is 30.3 Å². The van der Waals surface area contributed by atoms with Crippen LogP contribution in [0.25, 0.3) is 0 Å². The molecule has 1 aliphatic rings. The zero-order chi connectivity index (χ0) is 12.3. The quantitative estimate of drug-likeness (QED) is 0.854. The second-order valence-electron chi connectivity index (χ2n) is 4.40. The number of hydrogen-bond donors (Lipinski definition) is 1. The van der Waals surface area contributed by atoms with Crippen LogP contribution in [0.3, 0.4) is 0 Å². The summed E-state index contributed by atoms with van der Waals surface area (Å²) in [6.07, 6.45) is 1.49. The van der Waals surface area contributed by atoms with Gasteiger partial charge in [-0.25, -0.2) is 10.0 Å². The molecule has 0 aliphatic carbocycles. The fourth-order valence-corrected chi connectivity index (χ4v) is 2.22. The van der Waals surface area contributed by atoms with Gasteiger partial charge in [0.25, 0.3) is 0 Å². The number of hydrazine groups is 1.